The number of piperidine rings is 1. The van der Waals surface area contributed by atoms with Gasteiger partial charge in [-0.05, 0) is 12.0 Å². The third-order valence-corrected chi connectivity index (χ3v) is 3.45. The van der Waals surface area contributed by atoms with Gasteiger partial charge in [0, 0.05) is 25.1 Å². The molecular weight excluding hydrogens is 218 g/mol. The molecule has 2 rings (SSSR count). The number of hydrogen-bond acceptors (Lipinski definition) is 4. The second-order valence-corrected chi connectivity index (χ2v) is 4.61. The van der Waals surface area contributed by atoms with Crippen LogP contribution in [-0.2, 0) is 6.42 Å². The van der Waals surface area contributed by atoms with E-state index in [1.54, 1.807) is 0 Å². The first kappa shape index (κ1) is 12.5. The van der Waals surface area contributed by atoms with Crippen LogP contribution in [0.1, 0.15) is 5.56 Å². The molecule has 1 aliphatic rings. The minimum atomic E-state index is -0.852. The van der Waals surface area contributed by atoms with Crippen molar-refractivity contribution in [3.8, 4) is 0 Å². The third kappa shape index (κ3) is 2.84. The molecule has 3 unspecified atom stereocenters. The third-order valence-electron chi connectivity index (χ3n) is 3.45. The van der Waals surface area contributed by atoms with Crippen molar-refractivity contribution < 1.29 is 15.3 Å². The lowest BCUT2D eigenvalue weighted by Gasteiger charge is -2.38. The standard InChI is InChI=1S/C13H19NO3/c15-8-10-11(14-7-12(16)13(10)17)6-9-4-2-1-3-5-9/h1-5,10-17H,6-8H2/t10?,11?,12-,13?/m1/s1. The number of nitrogens with one attached hydrogen (secondary N) is 1. The molecule has 17 heavy (non-hydrogen) atoms. The lowest BCUT2D eigenvalue weighted by atomic mass is 9.84. The van der Waals surface area contributed by atoms with Crippen LogP contribution in [0.5, 0.6) is 0 Å². The second kappa shape index (κ2) is 5.60. The maximum Gasteiger partial charge on any atom is 0.0927 e. The highest BCUT2D eigenvalue weighted by atomic mass is 16.3. The molecule has 0 spiro atoms. The monoisotopic (exact) mass is 237 g/mol. The van der Waals surface area contributed by atoms with Gasteiger partial charge in [0.15, 0.2) is 0 Å². The van der Waals surface area contributed by atoms with Crippen molar-refractivity contribution >= 4 is 0 Å². The van der Waals surface area contributed by atoms with Crippen LogP contribution >= 0.6 is 0 Å². The molecule has 0 aromatic heterocycles. The Morgan fingerprint density at radius 2 is 1.88 bits per heavy atom. The average molecular weight is 237 g/mol. The molecular formula is C13H19NO3. The van der Waals surface area contributed by atoms with Crippen LogP contribution in [-0.4, -0.2) is 46.7 Å². The first-order chi connectivity index (χ1) is 8.22. The summed E-state index contributed by atoms with van der Waals surface area (Å²) < 4.78 is 0. The van der Waals surface area contributed by atoms with Crippen LogP contribution < -0.4 is 5.32 Å². The van der Waals surface area contributed by atoms with Crippen LogP contribution in [0.15, 0.2) is 30.3 Å². The molecule has 4 atom stereocenters. The van der Waals surface area contributed by atoms with Crippen LogP contribution in [0.3, 0.4) is 0 Å². The molecule has 0 amide bonds. The van der Waals surface area contributed by atoms with Gasteiger partial charge in [-0.25, -0.2) is 0 Å². The van der Waals surface area contributed by atoms with Gasteiger partial charge in [0.05, 0.1) is 12.2 Å². The molecule has 1 aromatic carbocycles. The number of aliphatic hydroxyl groups excluding tert-OH is 3. The van der Waals surface area contributed by atoms with E-state index >= 15 is 0 Å². The smallest absolute Gasteiger partial charge is 0.0927 e. The van der Waals surface area contributed by atoms with E-state index in [2.05, 4.69) is 5.32 Å². The summed E-state index contributed by atoms with van der Waals surface area (Å²) in [7, 11) is 0. The Balaban J connectivity index is 2.05. The molecule has 1 saturated heterocycles. The van der Waals surface area contributed by atoms with E-state index in [0.717, 1.165) is 12.0 Å². The topological polar surface area (TPSA) is 72.7 Å². The Bertz CT molecular complexity index is 344. The first-order valence-corrected chi connectivity index (χ1v) is 5.96. The average Bonchev–Trinajstić information content (AvgIpc) is 2.36. The van der Waals surface area contributed by atoms with Crippen molar-refractivity contribution in [2.45, 2.75) is 24.7 Å². The van der Waals surface area contributed by atoms with E-state index in [9.17, 15) is 15.3 Å². The lowest BCUT2D eigenvalue weighted by molar-refractivity contribution is -0.0664. The Kier molecular flexibility index (Phi) is 4.12. The highest BCUT2D eigenvalue weighted by molar-refractivity contribution is 5.16. The Labute approximate surface area is 101 Å². The first-order valence-electron chi connectivity index (χ1n) is 5.96. The fourth-order valence-corrected chi connectivity index (χ4v) is 2.39. The molecule has 1 fully saturated rings. The quantitative estimate of drug-likeness (QED) is 0.573. The van der Waals surface area contributed by atoms with Gasteiger partial charge in [0.25, 0.3) is 0 Å². The molecule has 0 saturated carbocycles. The number of rotatable bonds is 3. The van der Waals surface area contributed by atoms with Gasteiger partial charge in [0.1, 0.15) is 0 Å². The number of aliphatic hydroxyl groups is 3. The molecule has 0 radical (unpaired) electrons. The Morgan fingerprint density at radius 1 is 1.18 bits per heavy atom. The number of hydrogen-bond donors (Lipinski definition) is 4. The number of benzene rings is 1. The fraction of sp³-hybridized carbons (Fsp3) is 0.538. The van der Waals surface area contributed by atoms with Crippen molar-refractivity contribution in [3.63, 3.8) is 0 Å². The van der Waals surface area contributed by atoms with Gasteiger partial charge in [-0.3, -0.25) is 0 Å². The summed E-state index contributed by atoms with van der Waals surface area (Å²) in [6.45, 7) is 0.248. The van der Waals surface area contributed by atoms with Gasteiger partial charge in [-0.1, -0.05) is 30.3 Å². The highest BCUT2D eigenvalue weighted by Gasteiger charge is 2.36. The highest BCUT2D eigenvalue weighted by Crippen LogP contribution is 2.20. The molecule has 4 nitrogen and oxygen atoms in total. The lowest BCUT2D eigenvalue weighted by Crippen LogP contribution is -2.58. The van der Waals surface area contributed by atoms with Gasteiger partial charge >= 0.3 is 0 Å². The predicted octanol–water partition coefficient (Wildman–Crippen LogP) is -0.469. The largest absolute Gasteiger partial charge is 0.396 e. The zero-order valence-corrected chi connectivity index (χ0v) is 9.66. The van der Waals surface area contributed by atoms with Crippen molar-refractivity contribution in [2.24, 2.45) is 5.92 Å². The van der Waals surface area contributed by atoms with Crippen molar-refractivity contribution in [3.05, 3.63) is 35.9 Å². The molecule has 1 heterocycles. The van der Waals surface area contributed by atoms with E-state index in [4.69, 9.17) is 0 Å². The fourth-order valence-electron chi connectivity index (χ4n) is 2.39. The van der Waals surface area contributed by atoms with E-state index in [0.29, 0.717) is 6.54 Å². The zero-order chi connectivity index (χ0) is 12.3. The molecule has 4 N–H and O–H groups in total. The van der Waals surface area contributed by atoms with E-state index in [1.807, 2.05) is 30.3 Å². The molecule has 0 aliphatic carbocycles. The summed E-state index contributed by atoms with van der Waals surface area (Å²) in [4.78, 5) is 0. The Morgan fingerprint density at radius 3 is 2.53 bits per heavy atom. The van der Waals surface area contributed by atoms with Crippen molar-refractivity contribution in [2.75, 3.05) is 13.2 Å². The number of β-amino-alcohol motifs (C(OH)–C–C–N with tert-alkyl or cyclic N) is 1. The van der Waals surface area contributed by atoms with Crippen molar-refractivity contribution in [1.29, 1.82) is 0 Å². The van der Waals surface area contributed by atoms with E-state index in [1.165, 1.54) is 0 Å². The van der Waals surface area contributed by atoms with Gasteiger partial charge in [0.2, 0.25) is 0 Å². The normalized spacial score (nSPS) is 33.6. The van der Waals surface area contributed by atoms with E-state index in [-0.39, 0.29) is 18.6 Å². The SMILES string of the molecule is OCC1C(Cc2ccccc2)NC[C@@H](O)C1O. The second-order valence-electron chi connectivity index (χ2n) is 4.61. The molecule has 94 valence electrons. The van der Waals surface area contributed by atoms with E-state index < -0.39 is 12.2 Å². The summed E-state index contributed by atoms with van der Waals surface area (Å²) in [5, 5.41) is 31.9. The van der Waals surface area contributed by atoms with Gasteiger partial charge in [-0.2, -0.15) is 0 Å². The molecule has 0 bridgehead atoms. The summed E-state index contributed by atoms with van der Waals surface area (Å²) in [5.74, 6) is -0.320. The van der Waals surface area contributed by atoms with Gasteiger partial charge < -0.3 is 20.6 Å². The summed E-state index contributed by atoms with van der Waals surface area (Å²) in [6, 6.07) is 9.94. The van der Waals surface area contributed by atoms with Crippen molar-refractivity contribution in [1.82, 2.24) is 5.32 Å². The van der Waals surface area contributed by atoms with Crippen LogP contribution in [0.4, 0.5) is 0 Å². The summed E-state index contributed by atoms with van der Waals surface area (Å²) >= 11 is 0. The molecule has 1 aromatic rings. The molecule has 1 aliphatic heterocycles. The Hall–Kier alpha value is -0.940. The van der Waals surface area contributed by atoms with Crippen LogP contribution in [0.2, 0.25) is 0 Å². The summed E-state index contributed by atoms with van der Waals surface area (Å²) in [5.41, 5.74) is 1.16. The minimum Gasteiger partial charge on any atom is -0.396 e. The maximum absolute atomic E-state index is 9.84. The van der Waals surface area contributed by atoms with Crippen LogP contribution in [0, 0.1) is 5.92 Å². The van der Waals surface area contributed by atoms with Gasteiger partial charge in [-0.15, -0.1) is 0 Å². The maximum atomic E-state index is 9.84. The summed E-state index contributed by atoms with van der Waals surface area (Å²) in [6.07, 6.45) is -0.898. The molecule has 4 heteroatoms. The zero-order valence-electron chi connectivity index (χ0n) is 9.66. The van der Waals surface area contributed by atoms with Crippen LogP contribution in [0.25, 0.3) is 0 Å². The predicted molar refractivity (Wildman–Crippen MR) is 64.5 cm³/mol. The minimum absolute atomic E-state index is 0.000741.